The van der Waals surface area contributed by atoms with Gasteiger partial charge < -0.3 is 10.1 Å². The predicted octanol–water partition coefficient (Wildman–Crippen LogP) is 3.93. The molecule has 0 saturated heterocycles. The maximum atomic E-state index is 11.8. The Morgan fingerprint density at radius 3 is 2.52 bits per heavy atom. The SMILES string of the molecule is COc1ccc(CCCNC(=O)CCSc2ccccc2)cc1. The molecule has 0 unspecified atom stereocenters. The van der Waals surface area contributed by atoms with Crippen molar-refractivity contribution < 1.29 is 9.53 Å². The predicted molar refractivity (Wildman–Crippen MR) is 96.1 cm³/mol. The van der Waals surface area contributed by atoms with Gasteiger partial charge in [0.05, 0.1) is 7.11 Å². The summed E-state index contributed by atoms with van der Waals surface area (Å²) in [6.45, 7) is 0.723. The third-order valence-corrected chi connectivity index (χ3v) is 4.48. The van der Waals surface area contributed by atoms with Gasteiger partial charge in [-0.25, -0.2) is 0 Å². The first-order valence-electron chi connectivity index (χ1n) is 7.85. The molecule has 0 heterocycles. The average molecular weight is 329 g/mol. The van der Waals surface area contributed by atoms with Crippen molar-refractivity contribution in [2.24, 2.45) is 0 Å². The molecule has 0 bridgehead atoms. The van der Waals surface area contributed by atoms with E-state index in [4.69, 9.17) is 4.74 Å². The van der Waals surface area contributed by atoms with Crippen molar-refractivity contribution in [2.45, 2.75) is 24.2 Å². The van der Waals surface area contributed by atoms with E-state index in [2.05, 4.69) is 29.6 Å². The number of hydrogen-bond acceptors (Lipinski definition) is 3. The Morgan fingerprint density at radius 2 is 1.83 bits per heavy atom. The lowest BCUT2D eigenvalue weighted by atomic mass is 10.1. The van der Waals surface area contributed by atoms with E-state index in [-0.39, 0.29) is 5.91 Å². The van der Waals surface area contributed by atoms with Gasteiger partial charge in [0.25, 0.3) is 0 Å². The van der Waals surface area contributed by atoms with Crippen LogP contribution in [0.15, 0.2) is 59.5 Å². The van der Waals surface area contributed by atoms with Crippen LogP contribution in [0.4, 0.5) is 0 Å². The zero-order valence-electron chi connectivity index (χ0n) is 13.5. The third kappa shape index (κ3) is 6.78. The summed E-state index contributed by atoms with van der Waals surface area (Å²) in [6.07, 6.45) is 2.47. The van der Waals surface area contributed by atoms with E-state index >= 15 is 0 Å². The van der Waals surface area contributed by atoms with Gasteiger partial charge in [0, 0.05) is 23.6 Å². The summed E-state index contributed by atoms with van der Waals surface area (Å²) >= 11 is 1.72. The highest BCUT2D eigenvalue weighted by molar-refractivity contribution is 7.99. The summed E-state index contributed by atoms with van der Waals surface area (Å²) in [7, 11) is 1.67. The lowest BCUT2D eigenvalue weighted by molar-refractivity contribution is -0.120. The normalized spacial score (nSPS) is 10.3. The second-order valence-corrected chi connectivity index (χ2v) is 6.38. The molecule has 0 atom stereocenters. The number of methoxy groups -OCH3 is 1. The molecule has 122 valence electrons. The zero-order valence-corrected chi connectivity index (χ0v) is 14.3. The maximum Gasteiger partial charge on any atom is 0.220 e. The molecule has 2 rings (SSSR count). The smallest absolute Gasteiger partial charge is 0.220 e. The number of hydrogen-bond donors (Lipinski definition) is 1. The van der Waals surface area contributed by atoms with E-state index in [1.807, 2.05) is 30.3 Å². The van der Waals surface area contributed by atoms with Gasteiger partial charge in [-0.3, -0.25) is 4.79 Å². The van der Waals surface area contributed by atoms with Gasteiger partial charge in [-0.05, 0) is 42.7 Å². The van der Waals surface area contributed by atoms with Crippen LogP contribution in [0.25, 0.3) is 0 Å². The van der Waals surface area contributed by atoms with Gasteiger partial charge >= 0.3 is 0 Å². The first-order chi connectivity index (χ1) is 11.3. The first kappa shape index (κ1) is 17.4. The largest absolute Gasteiger partial charge is 0.497 e. The van der Waals surface area contributed by atoms with Crippen molar-refractivity contribution in [1.29, 1.82) is 0 Å². The first-order valence-corrected chi connectivity index (χ1v) is 8.84. The minimum absolute atomic E-state index is 0.128. The average Bonchev–Trinajstić information content (AvgIpc) is 2.60. The Bertz CT molecular complexity index is 584. The summed E-state index contributed by atoms with van der Waals surface area (Å²) in [5.74, 6) is 1.81. The molecule has 2 aromatic rings. The number of thioether (sulfide) groups is 1. The third-order valence-electron chi connectivity index (χ3n) is 3.46. The van der Waals surface area contributed by atoms with E-state index in [0.717, 1.165) is 30.9 Å². The van der Waals surface area contributed by atoms with Crippen molar-refractivity contribution in [1.82, 2.24) is 5.32 Å². The lowest BCUT2D eigenvalue weighted by Gasteiger charge is -2.06. The van der Waals surface area contributed by atoms with Crippen LogP contribution in [-0.2, 0) is 11.2 Å². The minimum atomic E-state index is 0.128. The van der Waals surface area contributed by atoms with Crippen LogP contribution in [0.2, 0.25) is 0 Å². The van der Waals surface area contributed by atoms with Crippen LogP contribution in [0, 0.1) is 0 Å². The van der Waals surface area contributed by atoms with Gasteiger partial charge in [-0.2, -0.15) is 0 Å². The molecule has 2 aromatic carbocycles. The van der Waals surface area contributed by atoms with Crippen molar-refractivity contribution in [3.05, 3.63) is 60.2 Å². The molecule has 0 aliphatic carbocycles. The number of benzene rings is 2. The monoisotopic (exact) mass is 329 g/mol. The minimum Gasteiger partial charge on any atom is -0.497 e. The van der Waals surface area contributed by atoms with Crippen molar-refractivity contribution in [3.8, 4) is 5.75 Å². The fraction of sp³-hybridized carbons (Fsp3) is 0.316. The van der Waals surface area contributed by atoms with E-state index in [1.165, 1.54) is 10.5 Å². The van der Waals surface area contributed by atoms with E-state index in [9.17, 15) is 4.79 Å². The molecule has 0 aliphatic rings. The summed E-state index contributed by atoms with van der Waals surface area (Å²) in [5, 5.41) is 2.98. The highest BCUT2D eigenvalue weighted by Gasteiger charge is 2.02. The Balaban J connectivity index is 1.55. The van der Waals surface area contributed by atoms with Crippen LogP contribution in [0.5, 0.6) is 5.75 Å². The summed E-state index contributed by atoms with van der Waals surface area (Å²) in [5.41, 5.74) is 1.26. The van der Waals surface area contributed by atoms with Crippen LogP contribution in [0.1, 0.15) is 18.4 Å². The Hall–Kier alpha value is -1.94. The quantitative estimate of drug-likeness (QED) is 0.560. The number of rotatable bonds is 9. The highest BCUT2D eigenvalue weighted by atomic mass is 32.2. The second kappa shape index (κ2) is 9.95. The number of aryl methyl sites for hydroxylation is 1. The van der Waals surface area contributed by atoms with Gasteiger partial charge in [0.1, 0.15) is 5.75 Å². The molecular formula is C19H23NO2S. The van der Waals surface area contributed by atoms with Crippen LogP contribution < -0.4 is 10.1 Å². The van der Waals surface area contributed by atoms with Gasteiger partial charge in [-0.1, -0.05) is 30.3 Å². The maximum absolute atomic E-state index is 11.8. The number of carbonyl (C=O) groups is 1. The standard InChI is InChI=1S/C19H23NO2S/c1-22-17-11-9-16(10-12-17)6-5-14-20-19(21)13-15-23-18-7-3-2-4-8-18/h2-4,7-12H,5-6,13-15H2,1H3,(H,20,21). The van der Waals surface area contributed by atoms with Crippen molar-refractivity contribution >= 4 is 17.7 Å². The molecule has 0 spiro atoms. The van der Waals surface area contributed by atoms with Gasteiger partial charge in [0.15, 0.2) is 0 Å². The number of ether oxygens (including phenoxy) is 1. The summed E-state index contributed by atoms with van der Waals surface area (Å²) in [6, 6.07) is 18.2. The number of carbonyl (C=O) groups excluding carboxylic acids is 1. The van der Waals surface area contributed by atoms with Crippen LogP contribution in [0.3, 0.4) is 0 Å². The van der Waals surface area contributed by atoms with Crippen molar-refractivity contribution in [2.75, 3.05) is 19.4 Å². The molecule has 1 amide bonds. The molecule has 23 heavy (non-hydrogen) atoms. The van der Waals surface area contributed by atoms with Gasteiger partial charge in [-0.15, -0.1) is 11.8 Å². The lowest BCUT2D eigenvalue weighted by Crippen LogP contribution is -2.24. The topological polar surface area (TPSA) is 38.3 Å². The molecule has 0 aromatic heterocycles. The van der Waals surface area contributed by atoms with E-state index < -0.39 is 0 Å². The Labute approximate surface area is 142 Å². The summed E-state index contributed by atoms with van der Waals surface area (Å²) in [4.78, 5) is 13.0. The number of amides is 1. The second-order valence-electron chi connectivity index (χ2n) is 5.21. The molecule has 0 radical (unpaired) electrons. The fourth-order valence-corrected chi connectivity index (χ4v) is 3.05. The van der Waals surface area contributed by atoms with E-state index in [1.54, 1.807) is 18.9 Å². The van der Waals surface area contributed by atoms with Crippen molar-refractivity contribution in [3.63, 3.8) is 0 Å². The molecule has 0 aliphatic heterocycles. The number of nitrogens with one attached hydrogen (secondary N) is 1. The highest BCUT2D eigenvalue weighted by Crippen LogP contribution is 2.17. The molecule has 0 fully saturated rings. The fourth-order valence-electron chi connectivity index (χ4n) is 2.18. The zero-order chi connectivity index (χ0) is 16.3. The molecule has 0 saturated carbocycles. The van der Waals surface area contributed by atoms with Crippen LogP contribution in [-0.4, -0.2) is 25.3 Å². The molecule has 4 heteroatoms. The van der Waals surface area contributed by atoms with E-state index in [0.29, 0.717) is 6.42 Å². The molecular weight excluding hydrogens is 306 g/mol. The Kier molecular flexibility index (Phi) is 7.54. The molecule has 1 N–H and O–H groups in total. The summed E-state index contributed by atoms with van der Waals surface area (Å²) < 4.78 is 5.14. The van der Waals surface area contributed by atoms with Gasteiger partial charge in [0.2, 0.25) is 5.91 Å². The van der Waals surface area contributed by atoms with Crippen LogP contribution >= 0.6 is 11.8 Å². The Morgan fingerprint density at radius 1 is 1.09 bits per heavy atom. The molecule has 3 nitrogen and oxygen atoms in total.